The fourth-order valence-corrected chi connectivity index (χ4v) is 1.29. The maximum Gasteiger partial charge on any atom is 0.308 e. The van der Waals surface area contributed by atoms with Crippen molar-refractivity contribution in [3.63, 3.8) is 0 Å². The Morgan fingerprint density at radius 3 is 2.38 bits per heavy atom. The average molecular weight is 251 g/mol. The van der Waals surface area contributed by atoms with E-state index in [0.717, 1.165) is 18.2 Å². The Bertz CT molecular complexity index is 135. The number of rotatable bonds is 7. The number of carbonyl (C=O) groups is 1. The summed E-state index contributed by atoms with van der Waals surface area (Å²) < 4.78 is 5.03. The summed E-state index contributed by atoms with van der Waals surface area (Å²) in [7, 11) is 0. The van der Waals surface area contributed by atoms with Crippen molar-refractivity contribution in [3.8, 4) is 0 Å². The molecular weight excluding hydrogens is 232 g/mol. The molecule has 0 saturated heterocycles. The first kappa shape index (κ1) is 12.9. The van der Waals surface area contributed by atoms with E-state index in [1.807, 2.05) is 13.8 Å². The fraction of sp³-hybridized carbons (Fsp3) is 0.900. The van der Waals surface area contributed by atoms with Crippen LogP contribution in [-0.2, 0) is 9.53 Å². The molecular formula is C10H19BrO2. The molecule has 0 N–H and O–H groups in total. The molecule has 0 aliphatic rings. The second kappa shape index (κ2) is 8.54. The zero-order valence-electron chi connectivity index (χ0n) is 8.51. The number of esters is 1. The van der Waals surface area contributed by atoms with Crippen LogP contribution >= 0.6 is 15.9 Å². The van der Waals surface area contributed by atoms with Crippen molar-refractivity contribution in [2.45, 2.75) is 39.5 Å². The van der Waals surface area contributed by atoms with Crippen molar-refractivity contribution in [2.75, 3.05) is 11.9 Å². The van der Waals surface area contributed by atoms with Crippen molar-refractivity contribution in [3.05, 3.63) is 0 Å². The van der Waals surface area contributed by atoms with Crippen LogP contribution in [0.15, 0.2) is 0 Å². The number of halogens is 1. The third-order valence-corrected chi connectivity index (χ3v) is 2.30. The van der Waals surface area contributed by atoms with Crippen LogP contribution < -0.4 is 0 Å². The number of carbonyl (C=O) groups excluding carboxylic acids is 1. The normalized spacial score (nSPS) is 10.5. The van der Waals surface area contributed by atoms with Crippen LogP contribution in [0.4, 0.5) is 0 Å². The van der Waals surface area contributed by atoms with E-state index in [1.54, 1.807) is 0 Å². The standard InChI is InChI=1S/C10H19BrO2/c1-9(2)10(12)13-8-6-4-3-5-7-11/h9H,3-8H2,1-2H3. The molecule has 0 heterocycles. The fourth-order valence-electron chi connectivity index (χ4n) is 0.890. The molecule has 2 nitrogen and oxygen atoms in total. The molecule has 0 bridgehead atoms. The van der Waals surface area contributed by atoms with Gasteiger partial charge < -0.3 is 4.74 Å². The van der Waals surface area contributed by atoms with E-state index in [2.05, 4.69) is 15.9 Å². The first-order valence-electron chi connectivity index (χ1n) is 4.91. The molecule has 0 spiro atoms. The highest BCUT2D eigenvalue weighted by Gasteiger charge is 2.06. The summed E-state index contributed by atoms with van der Waals surface area (Å²) in [6, 6.07) is 0. The number of hydrogen-bond acceptors (Lipinski definition) is 2. The van der Waals surface area contributed by atoms with E-state index in [1.165, 1.54) is 12.8 Å². The Labute approximate surface area is 89.2 Å². The lowest BCUT2D eigenvalue weighted by atomic mass is 10.2. The van der Waals surface area contributed by atoms with Gasteiger partial charge in [0.25, 0.3) is 0 Å². The van der Waals surface area contributed by atoms with Crippen LogP contribution in [0.3, 0.4) is 0 Å². The predicted octanol–water partition coefficient (Wildman–Crippen LogP) is 3.14. The SMILES string of the molecule is CC(C)C(=O)OCCCCCCBr. The van der Waals surface area contributed by atoms with E-state index in [9.17, 15) is 4.79 Å². The molecule has 0 fully saturated rings. The Morgan fingerprint density at radius 2 is 1.85 bits per heavy atom. The maximum atomic E-state index is 11.0. The largest absolute Gasteiger partial charge is 0.465 e. The van der Waals surface area contributed by atoms with Gasteiger partial charge in [-0.05, 0) is 12.8 Å². The van der Waals surface area contributed by atoms with Gasteiger partial charge in [0.05, 0.1) is 12.5 Å². The van der Waals surface area contributed by atoms with Crippen molar-refractivity contribution >= 4 is 21.9 Å². The van der Waals surface area contributed by atoms with Gasteiger partial charge in [-0.15, -0.1) is 0 Å². The highest BCUT2D eigenvalue weighted by atomic mass is 79.9. The maximum absolute atomic E-state index is 11.0. The van der Waals surface area contributed by atoms with Gasteiger partial charge in [-0.2, -0.15) is 0 Å². The van der Waals surface area contributed by atoms with Crippen LogP contribution in [0.25, 0.3) is 0 Å². The smallest absolute Gasteiger partial charge is 0.308 e. The summed E-state index contributed by atoms with van der Waals surface area (Å²) in [5, 5.41) is 1.07. The lowest BCUT2D eigenvalue weighted by molar-refractivity contribution is -0.147. The third-order valence-electron chi connectivity index (χ3n) is 1.74. The van der Waals surface area contributed by atoms with Crippen LogP contribution in [0.1, 0.15) is 39.5 Å². The third kappa shape index (κ3) is 8.28. The van der Waals surface area contributed by atoms with Crippen LogP contribution in [-0.4, -0.2) is 17.9 Å². The minimum atomic E-state index is -0.0829. The lowest BCUT2D eigenvalue weighted by Gasteiger charge is -2.06. The van der Waals surface area contributed by atoms with Gasteiger partial charge >= 0.3 is 5.97 Å². The quantitative estimate of drug-likeness (QED) is 0.394. The number of hydrogen-bond donors (Lipinski definition) is 0. The Hall–Kier alpha value is -0.0500. The molecule has 0 rings (SSSR count). The molecule has 0 amide bonds. The van der Waals surface area contributed by atoms with Crippen molar-refractivity contribution < 1.29 is 9.53 Å². The molecule has 0 aromatic heterocycles. The first-order chi connectivity index (χ1) is 6.18. The van der Waals surface area contributed by atoms with Gasteiger partial charge in [-0.1, -0.05) is 42.6 Å². The van der Waals surface area contributed by atoms with E-state index >= 15 is 0 Å². The van der Waals surface area contributed by atoms with Gasteiger partial charge in [0, 0.05) is 5.33 Å². The summed E-state index contributed by atoms with van der Waals surface area (Å²) in [6.45, 7) is 4.29. The minimum absolute atomic E-state index is 0.00235. The van der Waals surface area contributed by atoms with Crippen molar-refractivity contribution in [2.24, 2.45) is 5.92 Å². The second-order valence-corrected chi connectivity index (χ2v) is 4.22. The topological polar surface area (TPSA) is 26.3 Å². The van der Waals surface area contributed by atoms with E-state index in [0.29, 0.717) is 6.61 Å². The average Bonchev–Trinajstić information content (AvgIpc) is 2.10. The predicted molar refractivity (Wildman–Crippen MR) is 58.1 cm³/mol. The molecule has 0 aliphatic heterocycles. The molecule has 0 radical (unpaired) electrons. The van der Waals surface area contributed by atoms with Gasteiger partial charge in [-0.25, -0.2) is 0 Å². The Morgan fingerprint density at radius 1 is 1.23 bits per heavy atom. The summed E-state index contributed by atoms with van der Waals surface area (Å²) in [5.74, 6) is -0.0805. The number of alkyl halides is 1. The summed E-state index contributed by atoms with van der Waals surface area (Å²) in [5.41, 5.74) is 0. The molecule has 0 aromatic carbocycles. The van der Waals surface area contributed by atoms with Gasteiger partial charge in [0.1, 0.15) is 0 Å². The van der Waals surface area contributed by atoms with Crippen LogP contribution in [0.5, 0.6) is 0 Å². The van der Waals surface area contributed by atoms with Crippen LogP contribution in [0.2, 0.25) is 0 Å². The zero-order chi connectivity index (χ0) is 10.1. The monoisotopic (exact) mass is 250 g/mol. The zero-order valence-corrected chi connectivity index (χ0v) is 10.1. The van der Waals surface area contributed by atoms with Gasteiger partial charge in [0.2, 0.25) is 0 Å². The number of unbranched alkanes of at least 4 members (excludes halogenated alkanes) is 3. The Balaban J connectivity index is 3.12. The molecule has 0 unspecified atom stereocenters. The highest BCUT2D eigenvalue weighted by molar-refractivity contribution is 9.09. The van der Waals surface area contributed by atoms with E-state index in [4.69, 9.17) is 4.74 Å². The van der Waals surface area contributed by atoms with Gasteiger partial charge in [0.15, 0.2) is 0 Å². The van der Waals surface area contributed by atoms with Crippen molar-refractivity contribution in [1.29, 1.82) is 0 Å². The Kier molecular flexibility index (Phi) is 8.51. The molecule has 0 atom stereocenters. The summed E-state index contributed by atoms with van der Waals surface area (Å²) >= 11 is 3.38. The van der Waals surface area contributed by atoms with Crippen molar-refractivity contribution in [1.82, 2.24) is 0 Å². The molecule has 0 aliphatic carbocycles. The molecule has 3 heteroatoms. The van der Waals surface area contributed by atoms with E-state index in [-0.39, 0.29) is 11.9 Å². The summed E-state index contributed by atoms with van der Waals surface area (Å²) in [6.07, 6.45) is 4.56. The van der Waals surface area contributed by atoms with Crippen LogP contribution in [0, 0.1) is 5.92 Å². The lowest BCUT2D eigenvalue weighted by Crippen LogP contribution is -2.12. The van der Waals surface area contributed by atoms with E-state index < -0.39 is 0 Å². The van der Waals surface area contributed by atoms with Gasteiger partial charge in [-0.3, -0.25) is 4.79 Å². The highest BCUT2D eigenvalue weighted by Crippen LogP contribution is 2.03. The molecule has 78 valence electrons. The molecule has 13 heavy (non-hydrogen) atoms. The summed E-state index contributed by atoms with van der Waals surface area (Å²) in [4.78, 5) is 11.0. The minimum Gasteiger partial charge on any atom is -0.465 e. The second-order valence-electron chi connectivity index (χ2n) is 3.43. The molecule has 0 saturated carbocycles. The molecule has 0 aromatic rings. The number of ether oxygens (including phenoxy) is 1. The first-order valence-corrected chi connectivity index (χ1v) is 6.03.